The first-order valence-corrected chi connectivity index (χ1v) is 7.15. The Morgan fingerprint density at radius 2 is 2.12 bits per heavy atom. The van der Waals surface area contributed by atoms with E-state index in [0.29, 0.717) is 6.54 Å². The molecule has 0 unspecified atom stereocenters. The standard InChI is InChI=1S/C13H9ClFN7O3/c14-9-10(18-19-11(9)22(24)25)12(23)17-13-16-6-21(20-13)5-7-1-3-8(15)4-2-7/h1-4,6H,5H2,(H,18,19)(H,17,20,23). The summed E-state index contributed by atoms with van der Waals surface area (Å²) in [6.07, 6.45) is 1.37. The summed E-state index contributed by atoms with van der Waals surface area (Å²) < 4.78 is 14.3. The SMILES string of the molecule is O=C(Nc1ncn(Cc2ccc(F)cc2)n1)c1n[nH]c([N+](=O)[O-])c1Cl. The molecule has 1 aromatic carbocycles. The van der Waals surface area contributed by atoms with Crippen molar-refractivity contribution in [3.8, 4) is 0 Å². The minimum Gasteiger partial charge on any atom is -0.358 e. The summed E-state index contributed by atoms with van der Waals surface area (Å²) in [5.74, 6) is -1.76. The van der Waals surface area contributed by atoms with Crippen LogP contribution in [0.4, 0.5) is 16.2 Å². The van der Waals surface area contributed by atoms with Crippen molar-refractivity contribution in [2.24, 2.45) is 0 Å². The average molecular weight is 366 g/mol. The normalized spacial score (nSPS) is 10.6. The molecule has 1 amide bonds. The van der Waals surface area contributed by atoms with E-state index < -0.39 is 21.7 Å². The third-order valence-electron chi connectivity index (χ3n) is 3.11. The van der Waals surface area contributed by atoms with Gasteiger partial charge in [0.2, 0.25) is 5.95 Å². The number of nitrogens with zero attached hydrogens (tertiary/aromatic N) is 5. The highest BCUT2D eigenvalue weighted by Crippen LogP contribution is 2.25. The number of anilines is 1. The van der Waals surface area contributed by atoms with E-state index in [-0.39, 0.29) is 17.5 Å². The van der Waals surface area contributed by atoms with E-state index in [2.05, 4.69) is 25.6 Å². The Kier molecular flexibility index (Phi) is 4.39. The second-order valence-corrected chi connectivity index (χ2v) is 5.22. The average Bonchev–Trinajstić information content (AvgIpc) is 3.16. The van der Waals surface area contributed by atoms with Gasteiger partial charge in [-0.1, -0.05) is 28.8 Å². The van der Waals surface area contributed by atoms with Gasteiger partial charge < -0.3 is 10.1 Å². The largest absolute Gasteiger partial charge is 0.362 e. The van der Waals surface area contributed by atoms with Crippen LogP contribution in [0.3, 0.4) is 0 Å². The first kappa shape index (κ1) is 16.5. The van der Waals surface area contributed by atoms with Gasteiger partial charge in [-0.3, -0.25) is 10.1 Å². The van der Waals surface area contributed by atoms with E-state index in [9.17, 15) is 19.3 Å². The van der Waals surface area contributed by atoms with Crippen molar-refractivity contribution in [3.63, 3.8) is 0 Å². The first-order valence-electron chi connectivity index (χ1n) is 6.77. The molecular formula is C13H9ClFN7O3. The lowest BCUT2D eigenvalue weighted by molar-refractivity contribution is -0.389. The zero-order valence-electron chi connectivity index (χ0n) is 12.3. The number of hydrogen-bond donors (Lipinski definition) is 2. The number of nitro groups is 1. The number of H-pyrrole nitrogens is 1. The predicted octanol–water partition coefficient (Wildman–Crippen LogP) is 2.00. The molecule has 0 aliphatic carbocycles. The molecule has 2 aromatic heterocycles. The summed E-state index contributed by atoms with van der Waals surface area (Å²) in [5.41, 5.74) is 0.443. The molecule has 0 atom stereocenters. The molecule has 128 valence electrons. The lowest BCUT2D eigenvalue weighted by Gasteiger charge is -2.01. The van der Waals surface area contributed by atoms with Crippen LogP contribution < -0.4 is 5.32 Å². The molecule has 0 fully saturated rings. The van der Waals surface area contributed by atoms with Crippen molar-refractivity contribution in [1.29, 1.82) is 0 Å². The molecule has 10 nitrogen and oxygen atoms in total. The van der Waals surface area contributed by atoms with Crippen LogP contribution in [-0.2, 0) is 6.54 Å². The van der Waals surface area contributed by atoms with Crippen LogP contribution in [0.1, 0.15) is 16.1 Å². The number of nitrogens with one attached hydrogen (secondary N) is 2. The van der Waals surface area contributed by atoms with E-state index in [1.165, 1.54) is 23.1 Å². The summed E-state index contributed by atoms with van der Waals surface area (Å²) >= 11 is 5.73. The Bertz CT molecular complexity index is 938. The number of rotatable bonds is 5. The van der Waals surface area contributed by atoms with Gasteiger partial charge in [-0.15, -0.1) is 10.2 Å². The highest BCUT2D eigenvalue weighted by Gasteiger charge is 2.25. The highest BCUT2D eigenvalue weighted by molar-refractivity contribution is 6.35. The first-order chi connectivity index (χ1) is 11.9. The smallest absolute Gasteiger partial charge is 0.358 e. The fourth-order valence-electron chi connectivity index (χ4n) is 1.96. The quantitative estimate of drug-likeness (QED) is 0.525. The van der Waals surface area contributed by atoms with Crippen LogP contribution in [0.25, 0.3) is 0 Å². The second kappa shape index (κ2) is 6.65. The Morgan fingerprint density at radius 1 is 1.40 bits per heavy atom. The van der Waals surface area contributed by atoms with Crippen LogP contribution in [0, 0.1) is 15.9 Å². The summed E-state index contributed by atoms with van der Waals surface area (Å²) in [5, 5.41) is 22.2. The lowest BCUT2D eigenvalue weighted by atomic mass is 10.2. The molecule has 0 aliphatic heterocycles. The van der Waals surface area contributed by atoms with Crippen molar-refractivity contribution < 1.29 is 14.1 Å². The molecule has 0 saturated carbocycles. The summed E-state index contributed by atoms with van der Waals surface area (Å²) in [6, 6.07) is 5.83. The van der Waals surface area contributed by atoms with Crippen molar-refractivity contribution in [2.45, 2.75) is 6.54 Å². The molecular weight excluding hydrogens is 357 g/mol. The van der Waals surface area contributed by atoms with Crippen LogP contribution in [0.5, 0.6) is 0 Å². The number of aromatic amines is 1. The maximum atomic E-state index is 12.9. The molecule has 0 bridgehead atoms. The van der Waals surface area contributed by atoms with Crippen molar-refractivity contribution in [1.82, 2.24) is 25.0 Å². The molecule has 25 heavy (non-hydrogen) atoms. The Balaban J connectivity index is 1.69. The maximum Gasteiger partial charge on any atom is 0.362 e. The van der Waals surface area contributed by atoms with Crippen LogP contribution in [0.15, 0.2) is 30.6 Å². The van der Waals surface area contributed by atoms with Crippen LogP contribution in [0.2, 0.25) is 5.02 Å². The Labute approximate surface area is 143 Å². The number of amides is 1. The van der Waals surface area contributed by atoms with Crippen molar-refractivity contribution in [2.75, 3.05) is 5.32 Å². The fourth-order valence-corrected chi connectivity index (χ4v) is 2.20. The zero-order chi connectivity index (χ0) is 18.0. The van der Waals surface area contributed by atoms with E-state index in [1.807, 2.05) is 0 Å². The minimum absolute atomic E-state index is 0.0335. The molecule has 2 heterocycles. The summed E-state index contributed by atoms with van der Waals surface area (Å²) in [6.45, 7) is 0.317. The fraction of sp³-hybridized carbons (Fsp3) is 0.0769. The predicted molar refractivity (Wildman–Crippen MR) is 83.7 cm³/mol. The van der Waals surface area contributed by atoms with Crippen LogP contribution >= 0.6 is 11.6 Å². The molecule has 0 aliphatic rings. The van der Waals surface area contributed by atoms with Gasteiger partial charge in [0.1, 0.15) is 12.1 Å². The van der Waals surface area contributed by atoms with Gasteiger partial charge in [-0.05, 0) is 22.6 Å². The van der Waals surface area contributed by atoms with Gasteiger partial charge in [-0.25, -0.2) is 14.1 Å². The summed E-state index contributed by atoms with van der Waals surface area (Å²) in [4.78, 5) is 25.8. The Morgan fingerprint density at radius 3 is 2.76 bits per heavy atom. The molecule has 0 spiro atoms. The van der Waals surface area contributed by atoms with Gasteiger partial charge in [0.25, 0.3) is 5.91 Å². The number of carbonyl (C=O) groups excluding carboxylic acids is 1. The van der Waals surface area contributed by atoms with Gasteiger partial charge in [0.15, 0.2) is 10.7 Å². The van der Waals surface area contributed by atoms with Gasteiger partial charge >= 0.3 is 5.82 Å². The third-order valence-corrected chi connectivity index (χ3v) is 3.46. The topological polar surface area (TPSA) is 132 Å². The minimum atomic E-state index is -0.797. The van der Waals surface area contributed by atoms with Crippen molar-refractivity contribution in [3.05, 3.63) is 62.8 Å². The third kappa shape index (κ3) is 3.61. The Hall–Kier alpha value is -3.34. The molecule has 2 N–H and O–H groups in total. The highest BCUT2D eigenvalue weighted by atomic mass is 35.5. The number of benzene rings is 1. The van der Waals surface area contributed by atoms with Gasteiger partial charge in [0.05, 0.1) is 6.54 Å². The van der Waals surface area contributed by atoms with Crippen LogP contribution in [-0.4, -0.2) is 35.8 Å². The molecule has 3 rings (SSSR count). The molecule has 12 heteroatoms. The van der Waals surface area contributed by atoms with Gasteiger partial charge in [-0.2, -0.15) is 0 Å². The molecule has 3 aromatic rings. The van der Waals surface area contributed by atoms with E-state index in [1.54, 1.807) is 12.1 Å². The lowest BCUT2D eigenvalue weighted by Crippen LogP contribution is -2.14. The number of aromatic nitrogens is 5. The van der Waals surface area contributed by atoms with E-state index >= 15 is 0 Å². The maximum absolute atomic E-state index is 12.9. The summed E-state index contributed by atoms with van der Waals surface area (Å²) in [7, 11) is 0. The van der Waals surface area contributed by atoms with Crippen molar-refractivity contribution >= 4 is 29.3 Å². The zero-order valence-corrected chi connectivity index (χ0v) is 13.1. The monoisotopic (exact) mass is 365 g/mol. The number of carbonyl (C=O) groups is 1. The molecule has 0 saturated heterocycles. The van der Waals surface area contributed by atoms with E-state index in [0.717, 1.165) is 5.56 Å². The number of halogens is 2. The van der Waals surface area contributed by atoms with E-state index in [4.69, 9.17) is 11.6 Å². The van der Waals surface area contributed by atoms with Gasteiger partial charge in [0, 0.05) is 0 Å². The molecule has 0 radical (unpaired) electrons. The second-order valence-electron chi connectivity index (χ2n) is 4.84. The number of hydrogen-bond acceptors (Lipinski definition) is 6.